The fourth-order valence-corrected chi connectivity index (χ4v) is 7.75. The minimum Gasteiger partial charge on any atom is -0.454 e. The summed E-state index contributed by atoms with van der Waals surface area (Å²) >= 11 is 0. The Labute approximate surface area is 168 Å². The molecule has 0 aliphatic carbocycles. The molecule has 0 bridgehead atoms. The molecule has 2 heterocycles. The lowest BCUT2D eigenvalue weighted by molar-refractivity contribution is 0.0950. The zero-order valence-corrected chi connectivity index (χ0v) is 17.0. The first-order valence-corrected chi connectivity index (χ1v) is 12.3. The molecule has 10 heteroatoms. The van der Waals surface area contributed by atoms with Crippen LogP contribution >= 0.6 is 0 Å². The number of benzene rings is 2. The first kappa shape index (κ1) is 19.7. The lowest BCUT2D eigenvalue weighted by Gasteiger charge is -2.12. The largest absolute Gasteiger partial charge is 0.454 e. The molecular formula is C19H19NO7S2. The summed E-state index contributed by atoms with van der Waals surface area (Å²) in [5.41, 5.74) is 0.996. The van der Waals surface area contributed by atoms with E-state index in [4.69, 9.17) is 9.47 Å². The maximum Gasteiger partial charge on any atom is 0.251 e. The lowest BCUT2D eigenvalue weighted by atomic mass is 10.2. The van der Waals surface area contributed by atoms with Crippen molar-refractivity contribution in [1.29, 1.82) is 0 Å². The number of carbonyl (C=O) groups excluding carboxylic acids is 1. The van der Waals surface area contributed by atoms with Crippen molar-refractivity contribution >= 4 is 25.6 Å². The van der Waals surface area contributed by atoms with Crippen LogP contribution in [0.2, 0.25) is 0 Å². The van der Waals surface area contributed by atoms with E-state index in [1.165, 1.54) is 24.3 Å². The van der Waals surface area contributed by atoms with Gasteiger partial charge in [0.05, 0.1) is 21.7 Å². The number of hydrogen-bond acceptors (Lipinski definition) is 7. The Kier molecular flexibility index (Phi) is 4.99. The fraction of sp³-hybridized carbons (Fsp3) is 0.316. The van der Waals surface area contributed by atoms with Crippen molar-refractivity contribution in [1.82, 2.24) is 5.32 Å². The van der Waals surface area contributed by atoms with E-state index in [-0.39, 0.29) is 41.7 Å². The summed E-state index contributed by atoms with van der Waals surface area (Å²) in [6, 6.07) is 11.0. The van der Waals surface area contributed by atoms with Gasteiger partial charge in [0.1, 0.15) is 0 Å². The van der Waals surface area contributed by atoms with Crippen LogP contribution in [0, 0.1) is 0 Å². The third-order valence-corrected chi connectivity index (χ3v) is 9.11. The van der Waals surface area contributed by atoms with E-state index in [2.05, 4.69) is 5.32 Å². The van der Waals surface area contributed by atoms with Gasteiger partial charge in [-0.15, -0.1) is 0 Å². The number of carbonyl (C=O) groups is 1. The Morgan fingerprint density at radius 2 is 1.90 bits per heavy atom. The van der Waals surface area contributed by atoms with Gasteiger partial charge in [0.2, 0.25) is 6.79 Å². The molecule has 2 aromatic rings. The average Bonchev–Trinajstić information content (AvgIpc) is 3.31. The van der Waals surface area contributed by atoms with Gasteiger partial charge in [0, 0.05) is 12.1 Å². The van der Waals surface area contributed by atoms with Crippen LogP contribution in [0.3, 0.4) is 0 Å². The van der Waals surface area contributed by atoms with Gasteiger partial charge in [-0.25, -0.2) is 16.8 Å². The standard InChI is InChI=1S/C19H19NO7S2/c21-19(20-10-13-4-5-17-18(8-13)27-12-26-17)14-2-1-3-15(9-14)29(24,25)16-6-7-28(22,23)11-16/h1-5,8-9,16H,6-7,10-12H2,(H,20,21)/t16-/m1/s1. The second-order valence-electron chi connectivity index (χ2n) is 6.97. The highest BCUT2D eigenvalue weighted by Crippen LogP contribution is 2.32. The second-order valence-corrected chi connectivity index (χ2v) is 11.4. The average molecular weight is 437 g/mol. The van der Waals surface area contributed by atoms with E-state index in [0.717, 1.165) is 5.56 Å². The molecule has 4 rings (SSSR count). The molecule has 1 saturated heterocycles. The molecule has 29 heavy (non-hydrogen) atoms. The molecule has 0 spiro atoms. The monoisotopic (exact) mass is 437 g/mol. The first-order chi connectivity index (χ1) is 13.7. The smallest absolute Gasteiger partial charge is 0.251 e. The van der Waals surface area contributed by atoms with Crippen LogP contribution in [0.4, 0.5) is 0 Å². The number of rotatable bonds is 5. The van der Waals surface area contributed by atoms with Crippen molar-refractivity contribution in [3.8, 4) is 11.5 Å². The normalized spacial score (nSPS) is 19.8. The van der Waals surface area contributed by atoms with Gasteiger partial charge in [-0.1, -0.05) is 12.1 Å². The lowest BCUT2D eigenvalue weighted by Crippen LogP contribution is -2.25. The van der Waals surface area contributed by atoms with Crippen molar-refractivity contribution < 1.29 is 31.1 Å². The summed E-state index contributed by atoms with van der Waals surface area (Å²) in [5.74, 6) is 0.310. The molecule has 0 aromatic heterocycles. The minimum atomic E-state index is -3.83. The summed E-state index contributed by atoms with van der Waals surface area (Å²) in [5, 5.41) is 1.77. The van der Waals surface area contributed by atoms with E-state index in [1.807, 2.05) is 0 Å². The topological polar surface area (TPSA) is 116 Å². The van der Waals surface area contributed by atoms with Crippen molar-refractivity contribution in [2.45, 2.75) is 23.1 Å². The zero-order chi connectivity index (χ0) is 20.6. The van der Waals surface area contributed by atoms with Gasteiger partial charge < -0.3 is 14.8 Å². The molecule has 8 nitrogen and oxygen atoms in total. The predicted molar refractivity (Wildman–Crippen MR) is 104 cm³/mol. The van der Waals surface area contributed by atoms with Crippen LogP contribution in [0.1, 0.15) is 22.3 Å². The Hall–Kier alpha value is -2.59. The molecule has 0 unspecified atom stereocenters. The Morgan fingerprint density at radius 1 is 1.10 bits per heavy atom. The SMILES string of the molecule is O=C(NCc1ccc2c(c1)OCO2)c1cccc(S(=O)(=O)[C@@H]2CCS(=O)(=O)C2)c1. The maximum atomic E-state index is 12.8. The number of fused-ring (bicyclic) bond motifs is 1. The van der Waals surface area contributed by atoms with Crippen LogP contribution in [0.5, 0.6) is 11.5 Å². The Balaban J connectivity index is 1.47. The van der Waals surface area contributed by atoms with Crippen LogP contribution in [0.25, 0.3) is 0 Å². The van der Waals surface area contributed by atoms with Gasteiger partial charge in [-0.2, -0.15) is 0 Å². The Morgan fingerprint density at radius 3 is 2.66 bits per heavy atom. The third kappa shape index (κ3) is 4.08. The molecule has 1 amide bonds. The highest BCUT2D eigenvalue weighted by molar-refractivity contribution is 7.96. The summed E-state index contributed by atoms with van der Waals surface area (Å²) < 4.78 is 59.4. The van der Waals surface area contributed by atoms with Gasteiger partial charge >= 0.3 is 0 Å². The molecule has 1 atom stereocenters. The quantitative estimate of drug-likeness (QED) is 0.750. The van der Waals surface area contributed by atoms with Crippen molar-refractivity contribution in [2.24, 2.45) is 0 Å². The minimum absolute atomic E-state index is 0.0460. The van der Waals surface area contributed by atoms with E-state index in [1.54, 1.807) is 18.2 Å². The van der Waals surface area contributed by atoms with Crippen LogP contribution < -0.4 is 14.8 Å². The molecule has 1 N–H and O–H groups in total. The highest BCUT2D eigenvalue weighted by Gasteiger charge is 2.38. The van der Waals surface area contributed by atoms with Crippen molar-refractivity contribution in [3.05, 3.63) is 53.6 Å². The zero-order valence-electron chi connectivity index (χ0n) is 15.3. The number of ether oxygens (including phenoxy) is 2. The van der Waals surface area contributed by atoms with Gasteiger partial charge in [0.25, 0.3) is 5.91 Å². The molecule has 2 aromatic carbocycles. The first-order valence-electron chi connectivity index (χ1n) is 8.96. The maximum absolute atomic E-state index is 12.8. The number of amides is 1. The van der Waals surface area contributed by atoms with Crippen LogP contribution in [-0.4, -0.2) is 46.3 Å². The number of nitrogens with one attached hydrogen (secondary N) is 1. The van der Waals surface area contributed by atoms with E-state index in [9.17, 15) is 21.6 Å². The van der Waals surface area contributed by atoms with E-state index < -0.39 is 30.8 Å². The van der Waals surface area contributed by atoms with E-state index in [0.29, 0.717) is 11.5 Å². The summed E-state index contributed by atoms with van der Waals surface area (Å²) in [6.45, 7) is 0.391. The molecule has 154 valence electrons. The Bertz CT molecular complexity index is 1170. The summed E-state index contributed by atoms with van der Waals surface area (Å²) in [6.07, 6.45) is 0.0746. The van der Waals surface area contributed by atoms with Crippen molar-refractivity contribution in [3.63, 3.8) is 0 Å². The second kappa shape index (κ2) is 7.34. The molecule has 2 aliphatic heterocycles. The molecule has 0 saturated carbocycles. The van der Waals surface area contributed by atoms with Crippen molar-refractivity contribution in [2.75, 3.05) is 18.3 Å². The van der Waals surface area contributed by atoms with E-state index >= 15 is 0 Å². The van der Waals surface area contributed by atoms with Crippen LogP contribution in [0.15, 0.2) is 47.4 Å². The van der Waals surface area contributed by atoms with Gasteiger partial charge in [0.15, 0.2) is 31.2 Å². The third-order valence-electron chi connectivity index (χ3n) is 4.94. The van der Waals surface area contributed by atoms with Gasteiger partial charge in [-0.3, -0.25) is 4.79 Å². The fourth-order valence-electron chi connectivity index (χ4n) is 3.35. The summed E-state index contributed by atoms with van der Waals surface area (Å²) in [4.78, 5) is 12.5. The number of sulfone groups is 2. The predicted octanol–water partition coefficient (Wildman–Crippen LogP) is 1.31. The number of hydrogen-bond donors (Lipinski definition) is 1. The molecule has 1 fully saturated rings. The van der Waals surface area contributed by atoms with Gasteiger partial charge in [-0.05, 0) is 42.3 Å². The molecular weight excluding hydrogens is 418 g/mol. The summed E-state index contributed by atoms with van der Waals surface area (Å²) in [7, 11) is -7.16. The molecule has 2 aliphatic rings. The molecule has 0 radical (unpaired) electrons. The van der Waals surface area contributed by atoms with Crippen LogP contribution in [-0.2, 0) is 26.2 Å². The highest BCUT2D eigenvalue weighted by atomic mass is 32.2.